The molecule has 0 aliphatic carbocycles. The highest BCUT2D eigenvalue weighted by atomic mass is 15.2. The van der Waals surface area contributed by atoms with Crippen molar-refractivity contribution in [3.63, 3.8) is 0 Å². The molecule has 0 radical (unpaired) electrons. The third-order valence-electron chi connectivity index (χ3n) is 3.48. The van der Waals surface area contributed by atoms with Gasteiger partial charge in [-0.25, -0.2) is 0 Å². The van der Waals surface area contributed by atoms with Crippen LogP contribution in [0.5, 0.6) is 0 Å². The van der Waals surface area contributed by atoms with E-state index in [9.17, 15) is 0 Å². The Bertz CT molecular complexity index is 620. The predicted molar refractivity (Wildman–Crippen MR) is 97.3 cm³/mol. The fourth-order valence-electron chi connectivity index (χ4n) is 2.39. The Balaban J connectivity index is 1.85. The van der Waals surface area contributed by atoms with Gasteiger partial charge in [-0.1, -0.05) is 54.6 Å². The van der Waals surface area contributed by atoms with Gasteiger partial charge in [0.25, 0.3) is 0 Å². The molecular formula is C19H26N4. The monoisotopic (exact) mass is 310 g/mol. The van der Waals surface area contributed by atoms with Crippen LogP contribution < -0.4 is 10.6 Å². The first-order valence-electron chi connectivity index (χ1n) is 7.88. The van der Waals surface area contributed by atoms with Crippen molar-refractivity contribution in [2.75, 3.05) is 21.1 Å². The van der Waals surface area contributed by atoms with Gasteiger partial charge in [0.05, 0.1) is 0 Å². The van der Waals surface area contributed by atoms with Crippen molar-refractivity contribution < 1.29 is 0 Å². The van der Waals surface area contributed by atoms with E-state index in [2.05, 4.69) is 71.0 Å². The van der Waals surface area contributed by atoms with Gasteiger partial charge in [0.1, 0.15) is 0 Å². The summed E-state index contributed by atoms with van der Waals surface area (Å²) >= 11 is 0. The van der Waals surface area contributed by atoms with E-state index in [0.717, 1.165) is 25.6 Å². The molecule has 0 saturated heterocycles. The van der Waals surface area contributed by atoms with Crippen LogP contribution in [0.25, 0.3) is 0 Å². The summed E-state index contributed by atoms with van der Waals surface area (Å²) in [6.07, 6.45) is 0. The van der Waals surface area contributed by atoms with Crippen LogP contribution >= 0.6 is 0 Å². The molecule has 23 heavy (non-hydrogen) atoms. The van der Waals surface area contributed by atoms with Crippen LogP contribution in [0.2, 0.25) is 0 Å². The van der Waals surface area contributed by atoms with Crippen LogP contribution in [0.3, 0.4) is 0 Å². The van der Waals surface area contributed by atoms with Crippen molar-refractivity contribution in [2.45, 2.75) is 19.6 Å². The molecule has 0 aromatic heterocycles. The number of nitrogens with one attached hydrogen (secondary N) is 2. The van der Waals surface area contributed by atoms with Gasteiger partial charge in [0, 0.05) is 26.7 Å². The molecule has 2 aromatic carbocycles. The Morgan fingerprint density at radius 3 is 2.13 bits per heavy atom. The molecule has 2 N–H and O–H groups in total. The van der Waals surface area contributed by atoms with Gasteiger partial charge < -0.3 is 15.5 Å². The average molecular weight is 310 g/mol. The average Bonchev–Trinajstić information content (AvgIpc) is 2.56. The lowest BCUT2D eigenvalue weighted by Crippen LogP contribution is -2.36. The van der Waals surface area contributed by atoms with Crippen molar-refractivity contribution in [1.29, 1.82) is 0 Å². The lowest BCUT2D eigenvalue weighted by atomic mass is 10.1. The molecule has 4 nitrogen and oxygen atoms in total. The van der Waals surface area contributed by atoms with Crippen molar-refractivity contribution >= 4 is 5.96 Å². The lowest BCUT2D eigenvalue weighted by Gasteiger charge is -2.14. The number of nitrogens with zero attached hydrogens (tertiary/aromatic N) is 2. The minimum atomic E-state index is 0.760. The van der Waals surface area contributed by atoms with Gasteiger partial charge in [-0.3, -0.25) is 4.99 Å². The topological polar surface area (TPSA) is 39.7 Å². The summed E-state index contributed by atoms with van der Waals surface area (Å²) in [7, 11) is 5.96. The fraction of sp³-hybridized carbons (Fsp3) is 0.316. The van der Waals surface area contributed by atoms with Crippen molar-refractivity contribution in [1.82, 2.24) is 15.5 Å². The van der Waals surface area contributed by atoms with Crippen LogP contribution in [0.1, 0.15) is 16.7 Å². The molecule has 0 saturated carbocycles. The minimum Gasteiger partial charge on any atom is -0.352 e. The van der Waals surface area contributed by atoms with Gasteiger partial charge in [-0.05, 0) is 30.8 Å². The van der Waals surface area contributed by atoms with E-state index < -0.39 is 0 Å². The molecular weight excluding hydrogens is 284 g/mol. The first kappa shape index (κ1) is 17.0. The van der Waals surface area contributed by atoms with Gasteiger partial charge >= 0.3 is 0 Å². The van der Waals surface area contributed by atoms with Crippen LogP contribution in [0, 0.1) is 0 Å². The number of rotatable bonds is 6. The maximum absolute atomic E-state index is 4.28. The standard InChI is InChI=1S/C19H26N4/c1-20-19(21-13-16-8-5-4-6-9-16)22-14-17-10-7-11-18(12-17)15-23(2)3/h4-12H,13-15H2,1-3H3,(H2,20,21,22). The largest absolute Gasteiger partial charge is 0.352 e. The number of aliphatic imine (C=N–C) groups is 1. The Kier molecular flexibility index (Phi) is 6.63. The highest BCUT2D eigenvalue weighted by molar-refractivity contribution is 5.79. The maximum Gasteiger partial charge on any atom is 0.191 e. The number of hydrogen-bond donors (Lipinski definition) is 2. The molecule has 0 heterocycles. The van der Waals surface area contributed by atoms with Crippen LogP contribution in [-0.2, 0) is 19.6 Å². The third-order valence-corrected chi connectivity index (χ3v) is 3.48. The molecule has 2 rings (SSSR count). The number of benzene rings is 2. The van der Waals surface area contributed by atoms with Gasteiger partial charge in [-0.2, -0.15) is 0 Å². The molecule has 122 valence electrons. The summed E-state index contributed by atoms with van der Waals surface area (Å²) in [5.41, 5.74) is 3.82. The molecule has 0 atom stereocenters. The zero-order chi connectivity index (χ0) is 16.5. The van der Waals surface area contributed by atoms with Crippen LogP contribution in [0.4, 0.5) is 0 Å². The Hall–Kier alpha value is -2.33. The summed E-state index contributed by atoms with van der Waals surface area (Å²) in [4.78, 5) is 6.45. The Morgan fingerprint density at radius 2 is 1.48 bits per heavy atom. The normalized spacial score (nSPS) is 11.6. The molecule has 0 unspecified atom stereocenters. The van der Waals surface area contributed by atoms with Crippen molar-refractivity contribution in [3.05, 3.63) is 71.3 Å². The zero-order valence-electron chi connectivity index (χ0n) is 14.2. The maximum atomic E-state index is 4.28. The molecule has 0 fully saturated rings. The van der Waals surface area contributed by atoms with Crippen molar-refractivity contribution in [3.8, 4) is 0 Å². The molecule has 0 aliphatic rings. The highest BCUT2D eigenvalue weighted by Crippen LogP contribution is 2.07. The predicted octanol–water partition coefficient (Wildman–Crippen LogP) is 2.61. The second-order valence-corrected chi connectivity index (χ2v) is 5.82. The molecule has 0 aliphatic heterocycles. The van der Waals surface area contributed by atoms with E-state index in [1.807, 2.05) is 18.2 Å². The summed E-state index contributed by atoms with van der Waals surface area (Å²) in [5.74, 6) is 0.812. The first-order valence-corrected chi connectivity index (χ1v) is 7.88. The molecule has 0 spiro atoms. The van der Waals surface area contributed by atoms with Crippen LogP contribution in [0.15, 0.2) is 59.6 Å². The zero-order valence-corrected chi connectivity index (χ0v) is 14.2. The van der Waals surface area contributed by atoms with Crippen LogP contribution in [-0.4, -0.2) is 32.0 Å². The van der Waals surface area contributed by atoms with Crippen molar-refractivity contribution in [2.24, 2.45) is 4.99 Å². The van der Waals surface area contributed by atoms with Gasteiger partial charge in [0.2, 0.25) is 0 Å². The third kappa shape index (κ3) is 6.12. The summed E-state index contributed by atoms with van der Waals surface area (Å²) in [6, 6.07) is 19.0. The first-order chi connectivity index (χ1) is 11.2. The number of guanidine groups is 1. The van der Waals surface area contributed by atoms with Gasteiger partial charge in [-0.15, -0.1) is 0 Å². The number of hydrogen-bond acceptors (Lipinski definition) is 2. The SMILES string of the molecule is CN=C(NCc1ccccc1)NCc1cccc(CN(C)C)c1. The molecule has 4 heteroatoms. The Morgan fingerprint density at radius 1 is 0.870 bits per heavy atom. The molecule has 0 amide bonds. The van der Waals surface area contributed by atoms with E-state index in [1.54, 1.807) is 7.05 Å². The highest BCUT2D eigenvalue weighted by Gasteiger charge is 2.01. The molecule has 2 aromatic rings. The Labute approximate surface area is 139 Å². The van der Waals surface area contributed by atoms with E-state index in [0.29, 0.717) is 0 Å². The minimum absolute atomic E-state index is 0.760. The smallest absolute Gasteiger partial charge is 0.191 e. The van der Waals surface area contributed by atoms with E-state index in [1.165, 1.54) is 16.7 Å². The van der Waals surface area contributed by atoms with Gasteiger partial charge in [0.15, 0.2) is 5.96 Å². The second-order valence-electron chi connectivity index (χ2n) is 5.82. The summed E-state index contributed by atoms with van der Waals surface area (Å²) in [6.45, 7) is 2.48. The summed E-state index contributed by atoms with van der Waals surface area (Å²) in [5, 5.41) is 6.70. The quantitative estimate of drug-likeness (QED) is 0.636. The summed E-state index contributed by atoms with van der Waals surface area (Å²) < 4.78 is 0. The van der Waals surface area contributed by atoms with E-state index in [-0.39, 0.29) is 0 Å². The van der Waals surface area contributed by atoms with E-state index >= 15 is 0 Å². The molecule has 0 bridgehead atoms. The van der Waals surface area contributed by atoms with E-state index in [4.69, 9.17) is 0 Å². The fourth-order valence-corrected chi connectivity index (χ4v) is 2.39. The second kappa shape index (κ2) is 8.96. The lowest BCUT2D eigenvalue weighted by molar-refractivity contribution is 0.402.